The normalized spacial score (nSPS) is 14.1. The number of carbonyl (C=O) groups is 1. The molecular formula is C24H23ClN2O3S. The Morgan fingerprint density at radius 1 is 1.00 bits per heavy atom. The molecule has 3 aromatic carbocycles. The second-order valence-corrected chi connectivity index (χ2v) is 10.1. The molecular weight excluding hydrogens is 432 g/mol. The van der Waals surface area contributed by atoms with Crippen molar-refractivity contribution in [2.24, 2.45) is 0 Å². The lowest BCUT2D eigenvalue weighted by atomic mass is 10.0. The van der Waals surface area contributed by atoms with E-state index < -0.39 is 10.0 Å². The minimum absolute atomic E-state index is 0.133. The predicted molar refractivity (Wildman–Crippen MR) is 121 cm³/mol. The van der Waals surface area contributed by atoms with Crippen molar-refractivity contribution in [1.29, 1.82) is 0 Å². The number of nitrogens with zero attached hydrogens (tertiary/aromatic N) is 2. The Bertz CT molecular complexity index is 1230. The van der Waals surface area contributed by atoms with Gasteiger partial charge >= 0.3 is 0 Å². The first kappa shape index (κ1) is 21.6. The fraction of sp³-hybridized carbons (Fsp3) is 0.208. The summed E-state index contributed by atoms with van der Waals surface area (Å²) in [6.45, 7) is 1.14. The first-order chi connectivity index (χ1) is 14.8. The Morgan fingerprint density at radius 3 is 2.52 bits per heavy atom. The highest BCUT2D eigenvalue weighted by Gasteiger charge is 2.29. The van der Waals surface area contributed by atoms with E-state index in [2.05, 4.69) is 0 Å². The van der Waals surface area contributed by atoms with E-state index in [0.717, 1.165) is 11.1 Å². The van der Waals surface area contributed by atoms with Gasteiger partial charge in [-0.1, -0.05) is 54.1 Å². The maximum Gasteiger partial charge on any atom is 0.253 e. The molecule has 4 rings (SSSR count). The summed E-state index contributed by atoms with van der Waals surface area (Å²) in [6.07, 6.45) is 0.677. The highest BCUT2D eigenvalue weighted by molar-refractivity contribution is 7.89. The molecule has 1 aliphatic rings. The van der Waals surface area contributed by atoms with E-state index in [1.54, 1.807) is 42.3 Å². The van der Waals surface area contributed by atoms with E-state index in [1.165, 1.54) is 15.9 Å². The quantitative estimate of drug-likeness (QED) is 0.575. The van der Waals surface area contributed by atoms with E-state index in [0.29, 0.717) is 36.6 Å². The summed E-state index contributed by atoms with van der Waals surface area (Å²) in [4.78, 5) is 14.6. The highest BCUT2D eigenvalue weighted by Crippen LogP contribution is 2.25. The zero-order valence-electron chi connectivity index (χ0n) is 17.2. The van der Waals surface area contributed by atoms with Crippen LogP contribution in [0.1, 0.15) is 27.0 Å². The number of hydrogen-bond acceptors (Lipinski definition) is 3. The summed E-state index contributed by atoms with van der Waals surface area (Å²) < 4.78 is 28.0. The van der Waals surface area contributed by atoms with Gasteiger partial charge in [-0.2, -0.15) is 4.31 Å². The van der Waals surface area contributed by atoms with E-state index >= 15 is 0 Å². The minimum Gasteiger partial charge on any atom is -0.337 e. The summed E-state index contributed by atoms with van der Waals surface area (Å²) in [6, 6.07) is 21.5. The molecule has 0 atom stereocenters. The number of hydrogen-bond donors (Lipinski definition) is 0. The summed E-state index contributed by atoms with van der Waals surface area (Å²) in [5.41, 5.74) is 3.44. The molecule has 0 aliphatic carbocycles. The van der Waals surface area contributed by atoms with E-state index in [9.17, 15) is 13.2 Å². The topological polar surface area (TPSA) is 57.7 Å². The van der Waals surface area contributed by atoms with Gasteiger partial charge in [0.05, 0.1) is 4.90 Å². The van der Waals surface area contributed by atoms with Gasteiger partial charge in [0, 0.05) is 37.3 Å². The molecule has 0 saturated heterocycles. The van der Waals surface area contributed by atoms with Crippen LogP contribution in [0.3, 0.4) is 0 Å². The van der Waals surface area contributed by atoms with Gasteiger partial charge in [0.15, 0.2) is 0 Å². The molecule has 0 saturated carbocycles. The summed E-state index contributed by atoms with van der Waals surface area (Å²) in [5.74, 6) is -0.249. The second-order valence-electron chi connectivity index (χ2n) is 7.68. The Hall–Kier alpha value is -2.67. The van der Waals surface area contributed by atoms with E-state index in [1.807, 2.05) is 36.4 Å². The standard InChI is InChI=1S/C24H23ClN2O3S/c1-26(16-18-6-4-10-22(25)14-18)24(28)20-9-5-11-23(15-20)31(29,30)27-13-12-19-7-2-3-8-21(19)17-27/h2-11,14-15H,12-13,16-17H2,1H3. The molecule has 7 heteroatoms. The average Bonchev–Trinajstić information content (AvgIpc) is 2.78. The zero-order valence-corrected chi connectivity index (χ0v) is 18.7. The van der Waals surface area contributed by atoms with Crippen LogP contribution in [-0.2, 0) is 29.5 Å². The largest absolute Gasteiger partial charge is 0.337 e. The van der Waals surface area contributed by atoms with Gasteiger partial charge in [-0.15, -0.1) is 0 Å². The van der Waals surface area contributed by atoms with Crippen LogP contribution in [0.4, 0.5) is 0 Å². The Labute approximate surface area is 187 Å². The molecule has 1 heterocycles. The first-order valence-electron chi connectivity index (χ1n) is 10.0. The summed E-state index contributed by atoms with van der Waals surface area (Å²) >= 11 is 6.03. The molecule has 0 aromatic heterocycles. The molecule has 0 N–H and O–H groups in total. The lowest BCUT2D eigenvalue weighted by molar-refractivity contribution is 0.0785. The van der Waals surface area contributed by atoms with Crippen molar-refractivity contribution in [3.63, 3.8) is 0 Å². The number of carbonyl (C=O) groups excluding carboxylic acids is 1. The SMILES string of the molecule is CN(Cc1cccc(Cl)c1)C(=O)c1cccc(S(=O)(=O)N2CCc3ccccc3C2)c1. The number of rotatable bonds is 5. The van der Waals surface area contributed by atoms with Crippen molar-refractivity contribution in [2.45, 2.75) is 24.4 Å². The van der Waals surface area contributed by atoms with Crippen LogP contribution in [0.25, 0.3) is 0 Å². The number of amides is 1. The molecule has 3 aromatic rings. The van der Waals surface area contributed by atoms with Crippen molar-refractivity contribution in [3.8, 4) is 0 Å². The first-order valence-corrected chi connectivity index (χ1v) is 11.8. The lowest BCUT2D eigenvalue weighted by Gasteiger charge is -2.28. The second kappa shape index (κ2) is 8.83. The molecule has 0 spiro atoms. The van der Waals surface area contributed by atoms with Gasteiger partial charge in [0.25, 0.3) is 5.91 Å². The fourth-order valence-electron chi connectivity index (χ4n) is 3.82. The Balaban J connectivity index is 1.54. The fourth-order valence-corrected chi connectivity index (χ4v) is 5.49. The van der Waals surface area contributed by atoms with Gasteiger partial charge in [-0.05, 0) is 53.4 Å². The molecule has 0 radical (unpaired) electrons. The number of benzene rings is 3. The van der Waals surface area contributed by atoms with Gasteiger partial charge < -0.3 is 4.90 Å². The van der Waals surface area contributed by atoms with Crippen LogP contribution in [0.15, 0.2) is 77.7 Å². The molecule has 0 unspecified atom stereocenters. The van der Waals surface area contributed by atoms with Crippen LogP contribution in [0.2, 0.25) is 5.02 Å². The van der Waals surface area contributed by atoms with Crippen LogP contribution >= 0.6 is 11.6 Å². The zero-order chi connectivity index (χ0) is 22.0. The number of sulfonamides is 1. The number of fused-ring (bicyclic) bond motifs is 1. The van der Waals surface area contributed by atoms with Crippen molar-refractivity contribution in [3.05, 3.63) is 100 Å². The monoisotopic (exact) mass is 454 g/mol. The third-order valence-corrected chi connectivity index (χ3v) is 7.55. The van der Waals surface area contributed by atoms with E-state index in [4.69, 9.17) is 11.6 Å². The van der Waals surface area contributed by atoms with E-state index in [-0.39, 0.29) is 10.8 Å². The van der Waals surface area contributed by atoms with Gasteiger partial charge in [-0.3, -0.25) is 4.79 Å². The summed E-state index contributed by atoms with van der Waals surface area (Å²) in [7, 11) is -2.02. The Kier molecular flexibility index (Phi) is 6.14. The minimum atomic E-state index is -3.71. The van der Waals surface area contributed by atoms with Gasteiger partial charge in [0.2, 0.25) is 10.0 Å². The summed E-state index contributed by atoms with van der Waals surface area (Å²) in [5, 5.41) is 0.606. The highest BCUT2D eigenvalue weighted by atomic mass is 35.5. The smallest absolute Gasteiger partial charge is 0.253 e. The van der Waals surface area contributed by atoms with Crippen LogP contribution < -0.4 is 0 Å². The maximum atomic E-state index is 13.3. The molecule has 0 bridgehead atoms. The third-order valence-electron chi connectivity index (χ3n) is 5.47. The van der Waals surface area contributed by atoms with Gasteiger partial charge in [0.1, 0.15) is 0 Å². The van der Waals surface area contributed by atoms with Gasteiger partial charge in [-0.25, -0.2) is 8.42 Å². The van der Waals surface area contributed by atoms with Crippen molar-refractivity contribution >= 4 is 27.5 Å². The maximum absolute atomic E-state index is 13.3. The third kappa shape index (κ3) is 4.66. The molecule has 1 amide bonds. The van der Waals surface area contributed by atoms with Crippen LogP contribution in [0, 0.1) is 0 Å². The molecule has 0 fully saturated rings. The Morgan fingerprint density at radius 2 is 1.74 bits per heavy atom. The lowest BCUT2D eigenvalue weighted by Crippen LogP contribution is -2.36. The number of halogens is 1. The average molecular weight is 455 g/mol. The molecule has 31 heavy (non-hydrogen) atoms. The predicted octanol–water partition coefficient (Wildman–Crippen LogP) is 4.36. The van der Waals surface area contributed by atoms with Crippen LogP contribution in [-0.4, -0.2) is 37.1 Å². The van der Waals surface area contributed by atoms with Crippen molar-refractivity contribution in [1.82, 2.24) is 9.21 Å². The van der Waals surface area contributed by atoms with Crippen LogP contribution in [0.5, 0.6) is 0 Å². The molecule has 5 nitrogen and oxygen atoms in total. The van der Waals surface area contributed by atoms with Crippen molar-refractivity contribution < 1.29 is 13.2 Å². The molecule has 160 valence electrons. The van der Waals surface area contributed by atoms with Crippen molar-refractivity contribution in [2.75, 3.05) is 13.6 Å². The molecule has 1 aliphatic heterocycles.